The normalized spacial score (nSPS) is 18.3. The lowest BCUT2D eigenvalue weighted by Gasteiger charge is -2.37. The van der Waals surface area contributed by atoms with Crippen LogP contribution in [0, 0.1) is 17.5 Å². The third-order valence-corrected chi connectivity index (χ3v) is 8.36. The van der Waals surface area contributed by atoms with Gasteiger partial charge in [-0.05, 0) is 12.5 Å². The molecule has 40 heavy (non-hydrogen) atoms. The minimum absolute atomic E-state index is 0.00411. The number of sulfonamides is 1. The van der Waals surface area contributed by atoms with Gasteiger partial charge in [0, 0.05) is 24.4 Å². The molecule has 2 aliphatic heterocycles. The van der Waals surface area contributed by atoms with E-state index in [2.05, 4.69) is 10.4 Å². The van der Waals surface area contributed by atoms with Gasteiger partial charge in [-0.15, -0.1) is 0 Å². The van der Waals surface area contributed by atoms with Crippen molar-refractivity contribution in [2.45, 2.75) is 32.7 Å². The van der Waals surface area contributed by atoms with Crippen molar-refractivity contribution in [2.75, 3.05) is 28.6 Å². The number of ether oxygens (including phenoxy) is 1. The molecule has 0 saturated carbocycles. The Kier molecular flexibility index (Phi) is 7.31. The van der Waals surface area contributed by atoms with Gasteiger partial charge in [0.2, 0.25) is 0 Å². The summed E-state index contributed by atoms with van der Waals surface area (Å²) in [5.74, 6) is -5.15. The maximum Gasteiger partial charge on any atom is 0.411 e. The summed E-state index contributed by atoms with van der Waals surface area (Å²) in [7, 11) is -4.00. The number of rotatable bonds is 4. The van der Waals surface area contributed by atoms with E-state index in [1.165, 1.54) is 11.1 Å². The summed E-state index contributed by atoms with van der Waals surface area (Å²) in [5.41, 5.74) is 1.17. The van der Waals surface area contributed by atoms with E-state index in [0.29, 0.717) is 17.8 Å². The van der Waals surface area contributed by atoms with Gasteiger partial charge in [0.05, 0.1) is 43.3 Å². The van der Waals surface area contributed by atoms with E-state index >= 15 is 0 Å². The van der Waals surface area contributed by atoms with Crippen LogP contribution in [0.4, 0.5) is 34.1 Å². The first-order valence-electron chi connectivity index (χ1n) is 12.3. The molecule has 11 nitrogen and oxygen atoms in total. The van der Waals surface area contributed by atoms with Crippen molar-refractivity contribution in [1.29, 1.82) is 0 Å². The minimum atomic E-state index is -4.00. The molecule has 3 aromatic rings. The summed E-state index contributed by atoms with van der Waals surface area (Å²) in [4.78, 5) is 28.0. The van der Waals surface area contributed by atoms with Crippen LogP contribution in [-0.4, -0.2) is 65.1 Å². The van der Waals surface area contributed by atoms with Crippen LogP contribution in [0.1, 0.15) is 18.2 Å². The summed E-state index contributed by atoms with van der Waals surface area (Å²) in [5, 5.41) is 6.63. The van der Waals surface area contributed by atoms with Crippen molar-refractivity contribution in [3.05, 3.63) is 77.4 Å². The van der Waals surface area contributed by atoms with E-state index in [0.717, 1.165) is 14.8 Å². The number of carbonyl (C=O) groups is 2. The molecule has 1 fully saturated rings. The summed E-state index contributed by atoms with van der Waals surface area (Å²) >= 11 is 0. The second-order valence-electron chi connectivity index (χ2n) is 9.44. The molecule has 212 valence electrons. The number of anilines is 2. The smallest absolute Gasteiger partial charge is 0.411 e. The van der Waals surface area contributed by atoms with Crippen molar-refractivity contribution in [2.24, 2.45) is 0 Å². The molecule has 2 aromatic carbocycles. The number of benzene rings is 2. The number of carbonyl (C=O) groups excluding carboxylic acids is 2. The molecule has 0 unspecified atom stereocenters. The van der Waals surface area contributed by atoms with Gasteiger partial charge in [-0.3, -0.25) is 13.9 Å². The van der Waals surface area contributed by atoms with E-state index in [9.17, 15) is 31.2 Å². The lowest BCUT2D eigenvalue weighted by molar-refractivity contribution is 0.102. The van der Waals surface area contributed by atoms with Crippen molar-refractivity contribution < 1.29 is 35.9 Å². The molecular weight excluding hydrogens is 553 g/mol. The zero-order valence-electron chi connectivity index (χ0n) is 21.3. The second-order valence-corrected chi connectivity index (χ2v) is 11.3. The van der Waals surface area contributed by atoms with Crippen molar-refractivity contribution in [3.8, 4) is 0 Å². The third-order valence-electron chi connectivity index (χ3n) is 6.67. The molecular formula is C25H25F3N6O5S. The van der Waals surface area contributed by atoms with Gasteiger partial charge in [-0.1, -0.05) is 30.3 Å². The number of nitrogens with one attached hydrogen (secondary N) is 1. The van der Waals surface area contributed by atoms with Crippen LogP contribution < -0.4 is 9.62 Å². The second kappa shape index (κ2) is 10.7. The van der Waals surface area contributed by atoms with Crippen LogP contribution in [0.5, 0.6) is 0 Å². The van der Waals surface area contributed by atoms with E-state index in [1.54, 1.807) is 35.9 Å². The fourth-order valence-electron chi connectivity index (χ4n) is 4.60. The molecule has 5 rings (SSSR count). The Morgan fingerprint density at radius 3 is 2.48 bits per heavy atom. The van der Waals surface area contributed by atoms with E-state index in [-0.39, 0.29) is 44.2 Å². The molecule has 15 heteroatoms. The number of aromatic nitrogens is 2. The van der Waals surface area contributed by atoms with Crippen molar-refractivity contribution >= 4 is 33.5 Å². The first kappa shape index (κ1) is 27.3. The van der Waals surface area contributed by atoms with Gasteiger partial charge in [-0.2, -0.15) is 5.10 Å². The largest absolute Gasteiger partial charge is 0.445 e. The number of hydrogen-bond acceptors (Lipinski definition) is 6. The van der Waals surface area contributed by atoms with Gasteiger partial charge in [0.25, 0.3) is 10.0 Å². The SMILES string of the molecule is C[C@H]1Cn2ncc(N3CCN(C(=O)OCc4ccccc4)CS3(=O)=O)c2CN1C(=O)Nc1cc(F)c(F)c(F)c1. The number of fused-ring (bicyclic) bond motifs is 1. The van der Waals surface area contributed by atoms with E-state index in [1.807, 2.05) is 6.07 Å². The molecule has 0 spiro atoms. The average Bonchev–Trinajstić information content (AvgIpc) is 3.31. The molecule has 1 atom stereocenters. The molecule has 3 heterocycles. The van der Waals surface area contributed by atoms with Crippen molar-refractivity contribution in [1.82, 2.24) is 19.6 Å². The molecule has 2 aliphatic rings. The molecule has 1 saturated heterocycles. The molecule has 0 radical (unpaired) electrons. The Morgan fingerprint density at radius 1 is 1.10 bits per heavy atom. The zero-order valence-corrected chi connectivity index (χ0v) is 22.1. The topological polar surface area (TPSA) is 117 Å². The van der Waals surface area contributed by atoms with Crippen LogP contribution in [0.25, 0.3) is 0 Å². The zero-order chi connectivity index (χ0) is 28.6. The number of amides is 3. The van der Waals surface area contributed by atoms with E-state index < -0.39 is 51.5 Å². The molecule has 1 N–H and O–H groups in total. The van der Waals surface area contributed by atoms with Crippen LogP contribution in [0.3, 0.4) is 0 Å². The quantitative estimate of drug-likeness (QED) is 0.474. The average molecular weight is 579 g/mol. The summed E-state index contributed by atoms with van der Waals surface area (Å²) in [6.45, 7) is 1.90. The summed E-state index contributed by atoms with van der Waals surface area (Å²) < 4.78 is 74.9. The molecule has 3 amide bonds. The highest BCUT2D eigenvalue weighted by atomic mass is 32.2. The maximum absolute atomic E-state index is 13.6. The Bertz CT molecular complexity index is 1530. The monoisotopic (exact) mass is 578 g/mol. The highest BCUT2D eigenvalue weighted by Gasteiger charge is 2.38. The predicted octanol–water partition coefficient (Wildman–Crippen LogP) is 3.48. The maximum atomic E-state index is 13.6. The summed E-state index contributed by atoms with van der Waals surface area (Å²) in [6, 6.07) is 9.19. The highest BCUT2D eigenvalue weighted by molar-refractivity contribution is 7.92. The highest BCUT2D eigenvalue weighted by Crippen LogP contribution is 2.31. The molecule has 1 aromatic heterocycles. The third kappa shape index (κ3) is 5.41. The lowest BCUT2D eigenvalue weighted by atomic mass is 10.2. The fraction of sp³-hybridized carbons (Fsp3) is 0.320. The lowest BCUT2D eigenvalue weighted by Crippen LogP contribution is -2.52. The van der Waals surface area contributed by atoms with Gasteiger partial charge < -0.3 is 15.0 Å². The van der Waals surface area contributed by atoms with Crippen LogP contribution in [0.15, 0.2) is 48.7 Å². The summed E-state index contributed by atoms with van der Waals surface area (Å²) in [6.07, 6.45) is 0.629. The molecule has 0 bridgehead atoms. The Balaban J connectivity index is 1.28. The fourth-order valence-corrected chi connectivity index (χ4v) is 6.18. The van der Waals surface area contributed by atoms with E-state index in [4.69, 9.17) is 4.74 Å². The number of halogens is 3. The van der Waals surface area contributed by atoms with Gasteiger partial charge >= 0.3 is 12.1 Å². The Labute approximate surface area is 227 Å². The van der Waals surface area contributed by atoms with Gasteiger partial charge in [-0.25, -0.2) is 31.2 Å². The Hall–Kier alpha value is -4.27. The molecule has 0 aliphatic carbocycles. The van der Waals surface area contributed by atoms with Crippen LogP contribution in [0.2, 0.25) is 0 Å². The standard InChI is InChI=1S/C25H25F3N6O5S/c1-16-12-33-22(13-32(16)24(35)30-18-9-19(26)23(28)20(27)10-18)21(11-29-33)34-8-7-31(15-40(34,37)38)25(36)39-14-17-5-3-2-4-6-17/h2-6,9-11,16H,7-8,12-15H2,1H3,(H,30,35)/t16-/m0/s1. The van der Waals surface area contributed by atoms with Crippen LogP contribution >= 0.6 is 0 Å². The van der Waals surface area contributed by atoms with Gasteiger partial charge in [0.15, 0.2) is 17.5 Å². The van der Waals surface area contributed by atoms with Crippen molar-refractivity contribution in [3.63, 3.8) is 0 Å². The predicted molar refractivity (Wildman–Crippen MR) is 137 cm³/mol. The minimum Gasteiger partial charge on any atom is -0.445 e. The Morgan fingerprint density at radius 2 is 1.80 bits per heavy atom. The van der Waals surface area contributed by atoms with Gasteiger partial charge in [0.1, 0.15) is 12.5 Å². The number of hydrogen-bond donors (Lipinski definition) is 1. The number of urea groups is 1. The number of nitrogens with zero attached hydrogens (tertiary/aromatic N) is 5. The first-order valence-corrected chi connectivity index (χ1v) is 13.9. The first-order chi connectivity index (χ1) is 19.0. The van der Waals surface area contributed by atoms with Crippen LogP contribution in [-0.2, 0) is 34.5 Å².